The predicted molar refractivity (Wildman–Crippen MR) is 132 cm³/mol. The minimum Gasteiger partial charge on any atom is -0.453 e. The maximum atomic E-state index is 13.8. The summed E-state index contributed by atoms with van der Waals surface area (Å²) in [5, 5.41) is 10.8. The van der Waals surface area contributed by atoms with E-state index in [0.717, 1.165) is 0 Å². The van der Waals surface area contributed by atoms with Gasteiger partial charge in [-0.05, 0) is 31.0 Å². The summed E-state index contributed by atoms with van der Waals surface area (Å²) in [6.07, 6.45) is 6.09. The minimum absolute atomic E-state index is 0.0348. The van der Waals surface area contributed by atoms with Gasteiger partial charge >= 0.3 is 6.09 Å². The van der Waals surface area contributed by atoms with Gasteiger partial charge in [0, 0.05) is 42.5 Å². The standard InChI is InChI=1S/C24H24N6O5S/c1-29-13-15(12-26-29)21-10-20-22(27-17-8-18(9-17)28-24(32)35-2)16(14-31)11-25-23(20)30(21)36(33,34)19-6-4-3-5-7-19/h3-7,10-14,17-18H,8-9H2,1-2H3,(H,25,27)(H,28,32). The second kappa shape index (κ2) is 9.11. The lowest BCUT2D eigenvalue weighted by atomic mass is 9.86. The van der Waals surface area contributed by atoms with Crippen molar-refractivity contribution in [2.75, 3.05) is 12.4 Å². The molecule has 0 spiro atoms. The number of pyridine rings is 1. The zero-order valence-corrected chi connectivity index (χ0v) is 20.4. The Balaban J connectivity index is 1.63. The van der Waals surface area contributed by atoms with Crippen LogP contribution in [-0.4, -0.2) is 58.7 Å². The number of amides is 1. The summed E-state index contributed by atoms with van der Waals surface area (Å²) in [7, 11) is -0.983. The summed E-state index contributed by atoms with van der Waals surface area (Å²) in [5.41, 5.74) is 1.94. The van der Waals surface area contributed by atoms with Crippen LogP contribution in [0.3, 0.4) is 0 Å². The van der Waals surface area contributed by atoms with Crippen molar-refractivity contribution < 1.29 is 22.7 Å². The van der Waals surface area contributed by atoms with E-state index in [1.807, 2.05) is 0 Å². The van der Waals surface area contributed by atoms with Crippen LogP contribution in [0.15, 0.2) is 59.9 Å². The first kappa shape index (κ1) is 23.5. The van der Waals surface area contributed by atoms with Crippen LogP contribution in [0.5, 0.6) is 0 Å². The Labute approximate surface area is 207 Å². The molecular formula is C24H24N6O5S. The van der Waals surface area contributed by atoms with Gasteiger partial charge in [-0.15, -0.1) is 0 Å². The second-order valence-electron chi connectivity index (χ2n) is 8.60. The van der Waals surface area contributed by atoms with Crippen LogP contribution >= 0.6 is 0 Å². The van der Waals surface area contributed by atoms with E-state index >= 15 is 0 Å². The Bertz CT molecular complexity index is 1550. The average Bonchev–Trinajstić information content (AvgIpc) is 3.47. The molecule has 1 amide bonds. The number of nitrogens with zero attached hydrogens (tertiary/aromatic N) is 4. The van der Waals surface area contributed by atoms with E-state index in [4.69, 9.17) is 0 Å². The number of nitrogens with one attached hydrogen (secondary N) is 2. The van der Waals surface area contributed by atoms with Gasteiger partial charge in [0.25, 0.3) is 10.0 Å². The highest BCUT2D eigenvalue weighted by Gasteiger charge is 2.33. The van der Waals surface area contributed by atoms with Gasteiger partial charge < -0.3 is 15.4 Å². The number of hydrogen-bond acceptors (Lipinski definition) is 8. The fourth-order valence-electron chi connectivity index (χ4n) is 4.37. The zero-order valence-electron chi connectivity index (χ0n) is 19.6. The molecule has 36 heavy (non-hydrogen) atoms. The highest BCUT2D eigenvalue weighted by Crippen LogP contribution is 2.37. The molecule has 0 saturated heterocycles. The van der Waals surface area contributed by atoms with Crippen LogP contribution in [0.25, 0.3) is 22.3 Å². The molecule has 0 unspecified atom stereocenters. The molecule has 0 radical (unpaired) electrons. The topological polar surface area (TPSA) is 137 Å². The lowest BCUT2D eigenvalue weighted by Crippen LogP contribution is -2.49. The first-order valence-electron chi connectivity index (χ1n) is 11.2. The Hall–Kier alpha value is -4.19. The van der Waals surface area contributed by atoms with E-state index < -0.39 is 16.1 Å². The third-order valence-corrected chi connectivity index (χ3v) is 7.94. The van der Waals surface area contributed by atoms with Crippen LogP contribution in [0.4, 0.5) is 10.5 Å². The van der Waals surface area contributed by atoms with Gasteiger partial charge in [0.15, 0.2) is 11.9 Å². The largest absolute Gasteiger partial charge is 0.453 e. The monoisotopic (exact) mass is 508 g/mol. The van der Waals surface area contributed by atoms with Crippen LogP contribution in [0.2, 0.25) is 0 Å². The van der Waals surface area contributed by atoms with E-state index in [-0.39, 0.29) is 22.6 Å². The van der Waals surface area contributed by atoms with Gasteiger partial charge in [0.05, 0.1) is 35.1 Å². The predicted octanol–water partition coefficient (Wildman–Crippen LogP) is 2.79. The van der Waals surface area contributed by atoms with E-state index in [1.54, 1.807) is 48.4 Å². The Morgan fingerprint density at radius 2 is 1.92 bits per heavy atom. The van der Waals surface area contributed by atoms with Crippen LogP contribution in [-0.2, 0) is 21.8 Å². The first-order valence-corrected chi connectivity index (χ1v) is 12.7. The molecule has 186 valence electrons. The van der Waals surface area contributed by atoms with Crippen molar-refractivity contribution in [3.05, 3.63) is 60.6 Å². The fraction of sp³-hybridized carbons (Fsp3) is 0.250. The molecule has 12 heteroatoms. The Morgan fingerprint density at radius 1 is 1.17 bits per heavy atom. The first-order chi connectivity index (χ1) is 17.3. The summed E-state index contributed by atoms with van der Waals surface area (Å²) in [6, 6.07) is 9.72. The maximum Gasteiger partial charge on any atom is 0.407 e. The number of aromatic nitrogens is 4. The number of carbonyl (C=O) groups excluding carboxylic acids is 2. The fourth-order valence-corrected chi connectivity index (χ4v) is 5.87. The van der Waals surface area contributed by atoms with E-state index in [0.29, 0.717) is 47.0 Å². The summed E-state index contributed by atoms with van der Waals surface area (Å²) in [6.45, 7) is 0. The molecule has 2 N–H and O–H groups in total. The summed E-state index contributed by atoms with van der Waals surface area (Å²) in [5.74, 6) is 0. The maximum absolute atomic E-state index is 13.8. The van der Waals surface area contributed by atoms with Crippen LogP contribution in [0, 0.1) is 0 Å². The smallest absolute Gasteiger partial charge is 0.407 e. The normalized spacial score (nSPS) is 17.4. The molecule has 0 bridgehead atoms. The van der Waals surface area contributed by atoms with Crippen molar-refractivity contribution in [3.63, 3.8) is 0 Å². The number of benzene rings is 1. The van der Waals surface area contributed by atoms with Gasteiger partial charge in [-0.2, -0.15) is 5.10 Å². The minimum atomic E-state index is -4.03. The second-order valence-corrected chi connectivity index (χ2v) is 10.4. The summed E-state index contributed by atoms with van der Waals surface area (Å²) >= 11 is 0. The molecule has 1 aliphatic rings. The number of aryl methyl sites for hydroxylation is 1. The van der Waals surface area contributed by atoms with Crippen LogP contribution in [0.1, 0.15) is 23.2 Å². The Kier molecular flexibility index (Phi) is 5.96. The molecule has 4 aromatic rings. The molecule has 1 aromatic carbocycles. The number of ether oxygens (including phenoxy) is 1. The van der Waals surface area contributed by atoms with Gasteiger partial charge in [-0.1, -0.05) is 18.2 Å². The molecule has 1 aliphatic carbocycles. The zero-order chi connectivity index (χ0) is 25.4. The van der Waals surface area contributed by atoms with E-state index in [1.165, 1.54) is 29.4 Å². The number of carbonyl (C=O) groups is 2. The van der Waals surface area contributed by atoms with Gasteiger partial charge in [0.1, 0.15) is 0 Å². The summed E-state index contributed by atoms with van der Waals surface area (Å²) in [4.78, 5) is 27.9. The molecule has 3 aromatic heterocycles. The average molecular weight is 509 g/mol. The van der Waals surface area contributed by atoms with E-state index in [2.05, 4.69) is 25.5 Å². The third kappa shape index (κ3) is 4.09. The summed E-state index contributed by atoms with van der Waals surface area (Å²) < 4.78 is 35.0. The number of methoxy groups -OCH3 is 1. The molecule has 5 rings (SSSR count). The highest BCUT2D eigenvalue weighted by atomic mass is 32.2. The number of rotatable bonds is 7. The van der Waals surface area contributed by atoms with Crippen molar-refractivity contribution >= 4 is 39.1 Å². The highest BCUT2D eigenvalue weighted by molar-refractivity contribution is 7.90. The van der Waals surface area contributed by atoms with Crippen molar-refractivity contribution in [1.82, 2.24) is 24.1 Å². The Morgan fingerprint density at radius 3 is 2.56 bits per heavy atom. The SMILES string of the molecule is COC(=O)NC1CC(Nc2c(C=O)cnc3c2cc(-c2cnn(C)c2)n3S(=O)(=O)c2ccccc2)C1. The molecule has 1 fully saturated rings. The molecule has 0 atom stereocenters. The number of aldehydes is 1. The van der Waals surface area contributed by atoms with Crippen molar-refractivity contribution in [3.8, 4) is 11.3 Å². The number of alkyl carbamates (subject to hydrolysis) is 1. The van der Waals surface area contributed by atoms with Crippen molar-refractivity contribution in [2.45, 2.75) is 29.8 Å². The van der Waals surface area contributed by atoms with Gasteiger partial charge in [-0.25, -0.2) is 22.2 Å². The molecular weight excluding hydrogens is 484 g/mol. The van der Waals surface area contributed by atoms with Crippen molar-refractivity contribution in [1.29, 1.82) is 0 Å². The molecule has 1 saturated carbocycles. The molecule has 11 nitrogen and oxygen atoms in total. The number of hydrogen-bond donors (Lipinski definition) is 2. The lowest BCUT2D eigenvalue weighted by Gasteiger charge is -2.36. The van der Waals surface area contributed by atoms with E-state index in [9.17, 15) is 18.0 Å². The number of fused-ring (bicyclic) bond motifs is 1. The molecule has 0 aliphatic heterocycles. The quantitative estimate of drug-likeness (QED) is 0.364. The third-order valence-electron chi connectivity index (χ3n) is 6.22. The molecule has 3 heterocycles. The van der Waals surface area contributed by atoms with Crippen LogP contribution < -0.4 is 10.6 Å². The lowest BCUT2D eigenvalue weighted by molar-refractivity contribution is 0.112. The van der Waals surface area contributed by atoms with Crippen molar-refractivity contribution in [2.24, 2.45) is 7.05 Å². The van der Waals surface area contributed by atoms with Gasteiger partial charge in [-0.3, -0.25) is 9.48 Å². The number of anilines is 1. The van der Waals surface area contributed by atoms with Gasteiger partial charge in [0.2, 0.25) is 0 Å².